The highest BCUT2D eigenvalue weighted by Crippen LogP contribution is 2.38. The van der Waals surface area contributed by atoms with E-state index in [4.69, 9.17) is 22.8 Å². The fourth-order valence-corrected chi connectivity index (χ4v) is 5.59. The van der Waals surface area contributed by atoms with Crippen LogP contribution in [-0.4, -0.2) is 47.6 Å². The lowest BCUT2D eigenvalue weighted by Gasteiger charge is -2.29. The summed E-state index contributed by atoms with van der Waals surface area (Å²) in [5.74, 6) is 1.34. The Morgan fingerprint density at radius 1 is 1.04 bits per heavy atom. The molecule has 1 heterocycles. The molecule has 140 valence electrons. The second kappa shape index (κ2) is 9.33. The van der Waals surface area contributed by atoms with E-state index in [0.717, 1.165) is 5.56 Å². The minimum absolute atomic E-state index is 0.00321. The molecular formula is C18H28O6Si. The van der Waals surface area contributed by atoms with E-state index in [1.165, 1.54) is 0 Å². The molecule has 0 N–H and O–H groups in total. The first-order valence-electron chi connectivity index (χ1n) is 8.91. The maximum atomic E-state index is 12.1. The lowest BCUT2D eigenvalue weighted by Crippen LogP contribution is -2.46. The monoisotopic (exact) mass is 368 g/mol. The van der Waals surface area contributed by atoms with Crippen molar-refractivity contribution in [1.82, 2.24) is 0 Å². The molecule has 1 aromatic rings. The van der Waals surface area contributed by atoms with Crippen LogP contribution in [0.15, 0.2) is 12.1 Å². The second-order valence-corrected chi connectivity index (χ2v) is 8.39. The van der Waals surface area contributed by atoms with Crippen molar-refractivity contribution in [3.63, 3.8) is 0 Å². The van der Waals surface area contributed by atoms with Gasteiger partial charge in [0.1, 0.15) is 13.2 Å². The molecule has 0 atom stereocenters. The van der Waals surface area contributed by atoms with Crippen LogP contribution in [0.4, 0.5) is 0 Å². The number of rotatable bonds is 10. The van der Waals surface area contributed by atoms with Gasteiger partial charge in [-0.1, -0.05) is 0 Å². The Kier molecular flexibility index (Phi) is 7.43. The SMILES string of the molecule is CCO[Si](CCc1c(C(C)=O)ccc2c1OCCO2)(OCC)OCC. The maximum Gasteiger partial charge on any atom is 0.501 e. The number of hydrogen-bond donors (Lipinski definition) is 0. The number of Topliss-reactive ketones (excluding diaryl/α,β-unsaturated/α-hetero) is 1. The minimum Gasteiger partial charge on any atom is -0.486 e. The number of hydrogen-bond acceptors (Lipinski definition) is 6. The van der Waals surface area contributed by atoms with Crippen molar-refractivity contribution in [2.24, 2.45) is 0 Å². The Morgan fingerprint density at radius 3 is 2.20 bits per heavy atom. The third-order valence-corrected chi connectivity index (χ3v) is 7.01. The lowest BCUT2D eigenvalue weighted by atomic mass is 10.00. The zero-order chi connectivity index (χ0) is 18.3. The van der Waals surface area contributed by atoms with E-state index in [2.05, 4.69) is 0 Å². The molecule has 0 amide bonds. The molecule has 7 heteroatoms. The standard InChI is InChI=1S/C18H28O6Si/c1-5-22-25(23-6-2,24-7-3)13-10-16-15(14(4)19)8-9-17-18(16)21-12-11-20-17/h8-9H,5-7,10-13H2,1-4H3. The largest absolute Gasteiger partial charge is 0.501 e. The second-order valence-electron chi connectivity index (χ2n) is 5.65. The van der Waals surface area contributed by atoms with Crippen LogP contribution in [0, 0.1) is 0 Å². The van der Waals surface area contributed by atoms with Crippen molar-refractivity contribution < 1.29 is 27.5 Å². The molecule has 1 aromatic carbocycles. The smallest absolute Gasteiger partial charge is 0.486 e. The van der Waals surface area contributed by atoms with Gasteiger partial charge in [0.2, 0.25) is 0 Å². The highest BCUT2D eigenvalue weighted by atomic mass is 28.4. The van der Waals surface area contributed by atoms with E-state index in [1.54, 1.807) is 19.1 Å². The predicted octanol–water partition coefficient (Wildman–Crippen LogP) is 3.25. The topological polar surface area (TPSA) is 63.2 Å². The van der Waals surface area contributed by atoms with Crippen LogP contribution in [0.3, 0.4) is 0 Å². The van der Waals surface area contributed by atoms with Crippen molar-refractivity contribution in [3.05, 3.63) is 23.3 Å². The molecule has 0 aliphatic carbocycles. The Labute approximate surface area is 150 Å². The van der Waals surface area contributed by atoms with Gasteiger partial charge < -0.3 is 22.8 Å². The van der Waals surface area contributed by atoms with Crippen LogP contribution in [-0.2, 0) is 19.7 Å². The van der Waals surface area contributed by atoms with Gasteiger partial charge in [-0.15, -0.1) is 0 Å². The molecule has 1 aliphatic heterocycles. The summed E-state index contributed by atoms with van der Waals surface area (Å²) in [4.78, 5) is 12.1. The minimum atomic E-state index is -2.79. The van der Waals surface area contributed by atoms with Crippen molar-refractivity contribution in [2.75, 3.05) is 33.0 Å². The molecule has 0 aromatic heterocycles. The number of carbonyl (C=O) groups excluding carboxylic acids is 1. The van der Waals surface area contributed by atoms with Gasteiger partial charge in [-0.05, 0) is 46.2 Å². The van der Waals surface area contributed by atoms with Crippen molar-refractivity contribution in [1.29, 1.82) is 0 Å². The molecule has 6 nitrogen and oxygen atoms in total. The zero-order valence-corrected chi connectivity index (χ0v) is 16.6. The molecule has 0 radical (unpaired) electrons. The molecule has 0 unspecified atom stereocenters. The van der Waals surface area contributed by atoms with E-state index in [0.29, 0.717) is 62.6 Å². The molecule has 0 spiro atoms. The van der Waals surface area contributed by atoms with Crippen LogP contribution in [0.2, 0.25) is 6.04 Å². The fraction of sp³-hybridized carbons (Fsp3) is 0.611. The summed E-state index contributed by atoms with van der Waals surface area (Å²) in [6.45, 7) is 9.93. The molecular weight excluding hydrogens is 340 g/mol. The van der Waals surface area contributed by atoms with Gasteiger partial charge in [0.25, 0.3) is 0 Å². The summed E-state index contributed by atoms with van der Waals surface area (Å²) in [5, 5.41) is 0. The summed E-state index contributed by atoms with van der Waals surface area (Å²) < 4.78 is 29.2. The number of ketones is 1. The average Bonchev–Trinajstić information content (AvgIpc) is 2.60. The van der Waals surface area contributed by atoms with E-state index in [9.17, 15) is 4.79 Å². The molecule has 2 rings (SSSR count). The highest BCUT2D eigenvalue weighted by Gasteiger charge is 2.40. The fourth-order valence-electron chi connectivity index (χ4n) is 3.03. The van der Waals surface area contributed by atoms with Crippen molar-refractivity contribution in [2.45, 2.75) is 40.2 Å². The van der Waals surface area contributed by atoms with Crippen LogP contribution in [0.25, 0.3) is 0 Å². The lowest BCUT2D eigenvalue weighted by molar-refractivity contribution is 0.0712. The zero-order valence-electron chi connectivity index (χ0n) is 15.6. The van der Waals surface area contributed by atoms with Crippen LogP contribution in [0.1, 0.15) is 43.6 Å². The Bertz CT molecular complexity index is 572. The molecule has 0 fully saturated rings. The molecule has 0 saturated carbocycles. The Balaban J connectivity index is 2.32. The summed E-state index contributed by atoms with van der Waals surface area (Å²) >= 11 is 0. The summed E-state index contributed by atoms with van der Waals surface area (Å²) in [5.41, 5.74) is 1.50. The number of ether oxygens (including phenoxy) is 2. The van der Waals surface area contributed by atoms with Gasteiger partial charge in [0.15, 0.2) is 17.3 Å². The summed E-state index contributed by atoms with van der Waals surface area (Å²) in [7, 11) is -2.79. The first-order chi connectivity index (χ1) is 12.1. The summed E-state index contributed by atoms with van der Waals surface area (Å²) in [6.07, 6.45) is 0.577. The summed E-state index contributed by atoms with van der Waals surface area (Å²) in [6, 6.07) is 4.19. The van der Waals surface area contributed by atoms with Gasteiger partial charge in [-0.3, -0.25) is 4.79 Å². The third-order valence-electron chi connectivity index (χ3n) is 3.96. The highest BCUT2D eigenvalue weighted by molar-refractivity contribution is 6.60. The van der Waals surface area contributed by atoms with E-state index >= 15 is 0 Å². The van der Waals surface area contributed by atoms with Gasteiger partial charge in [0, 0.05) is 37.0 Å². The predicted molar refractivity (Wildman–Crippen MR) is 96.6 cm³/mol. The van der Waals surface area contributed by atoms with E-state index < -0.39 is 8.80 Å². The average molecular weight is 369 g/mol. The third kappa shape index (κ3) is 4.82. The van der Waals surface area contributed by atoms with E-state index in [-0.39, 0.29) is 5.78 Å². The van der Waals surface area contributed by atoms with Crippen LogP contribution in [0.5, 0.6) is 11.5 Å². The van der Waals surface area contributed by atoms with Gasteiger partial charge >= 0.3 is 8.80 Å². The normalized spacial score (nSPS) is 13.8. The first-order valence-corrected chi connectivity index (χ1v) is 10.8. The Morgan fingerprint density at radius 2 is 1.64 bits per heavy atom. The van der Waals surface area contributed by atoms with Crippen LogP contribution < -0.4 is 9.47 Å². The van der Waals surface area contributed by atoms with Crippen LogP contribution >= 0.6 is 0 Å². The van der Waals surface area contributed by atoms with Gasteiger partial charge in [-0.25, -0.2) is 0 Å². The molecule has 1 aliphatic rings. The number of fused-ring (bicyclic) bond motifs is 1. The van der Waals surface area contributed by atoms with Gasteiger partial charge in [0.05, 0.1) is 0 Å². The maximum absolute atomic E-state index is 12.1. The molecule has 0 bridgehead atoms. The molecule has 25 heavy (non-hydrogen) atoms. The number of carbonyl (C=O) groups is 1. The van der Waals surface area contributed by atoms with Crippen molar-refractivity contribution >= 4 is 14.6 Å². The Hall–Kier alpha value is -1.41. The van der Waals surface area contributed by atoms with E-state index in [1.807, 2.05) is 20.8 Å². The quantitative estimate of drug-likeness (QED) is 0.467. The van der Waals surface area contributed by atoms with Crippen molar-refractivity contribution in [3.8, 4) is 11.5 Å². The first kappa shape index (κ1) is 19.9. The van der Waals surface area contributed by atoms with Gasteiger partial charge in [-0.2, -0.15) is 0 Å². The number of benzene rings is 1. The molecule has 0 saturated heterocycles.